The zero-order chi connectivity index (χ0) is 16.1. The summed E-state index contributed by atoms with van der Waals surface area (Å²) in [5.41, 5.74) is 1.31. The fourth-order valence-electron chi connectivity index (χ4n) is 3.20. The van der Waals surface area contributed by atoms with Crippen LogP contribution < -0.4 is 10.6 Å². The largest absolute Gasteiger partial charge is 0.367 e. The lowest BCUT2D eigenvalue weighted by molar-refractivity contribution is -0.109. The Hall–Kier alpha value is -2.27. The van der Waals surface area contributed by atoms with E-state index in [1.807, 2.05) is 18.2 Å². The van der Waals surface area contributed by atoms with Crippen LogP contribution in [0, 0.1) is 5.82 Å². The van der Waals surface area contributed by atoms with Gasteiger partial charge in [0.2, 0.25) is 0 Å². The van der Waals surface area contributed by atoms with Gasteiger partial charge in [-0.1, -0.05) is 6.07 Å². The molecular formula is C18H20FN3O. The van der Waals surface area contributed by atoms with Crippen molar-refractivity contribution in [3.8, 4) is 0 Å². The summed E-state index contributed by atoms with van der Waals surface area (Å²) in [6, 6.07) is 12.1. The van der Waals surface area contributed by atoms with Gasteiger partial charge < -0.3 is 10.1 Å². The highest BCUT2D eigenvalue weighted by Gasteiger charge is 2.36. The molecule has 0 amide bonds. The van der Waals surface area contributed by atoms with Gasteiger partial charge in [-0.3, -0.25) is 10.3 Å². The molecule has 1 aromatic heterocycles. The summed E-state index contributed by atoms with van der Waals surface area (Å²) in [6.45, 7) is 0.795. The highest BCUT2D eigenvalue weighted by atomic mass is 19.1. The number of halogens is 1. The molecule has 2 atom stereocenters. The van der Waals surface area contributed by atoms with Gasteiger partial charge in [0, 0.05) is 29.9 Å². The Morgan fingerprint density at radius 2 is 2.13 bits per heavy atom. The maximum Gasteiger partial charge on any atom is 0.123 e. The third-order valence-electron chi connectivity index (χ3n) is 4.32. The van der Waals surface area contributed by atoms with Crippen molar-refractivity contribution in [2.45, 2.75) is 30.8 Å². The first kappa shape index (κ1) is 15.6. The van der Waals surface area contributed by atoms with Crippen LogP contribution in [-0.4, -0.2) is 23.5 Å². The standard InChI is InChI=1S/C18H20FN3O/c19-15-4-6-16(7-5-15)22-18(9-12-23)13-14(8-11-21-18)17-3-1-2-10-20-17/h1-7,10,12,14,21-22H,8-9,11,13H2. The molecule has 1 fully saturated rings. The second kappa shape index (κ2) is 6.87. The molecule has 5 heteroatoms. The fourth-order valence-corrected chi connectivity index (χ4v) is 3.20. The first-order valence-electron chi connectivity index (χ1n) is 7.84. The topological polar surface area (TPSA) is 54.0 Å². The molecule has 4 nitrogen and oxygen atoms in total. The van der Waals surface area contributed by atoms with Gasteiger partial charge >= 0.3 is 0 Å². The molecule has 2 aromatic rings. The Labute approximate surface area is 135 Å². The average Bonchev–Trinajstić information content (AvgIpc) is 2.58. The van der Waals surface area contributed by atoms with Crippen LogP contribution in [0.15, 0.2) is 48.7 Å². The number of nitrogens with zero attached hydrogens (tertiary/aromatic N) is 1. The van der Waals surface area contributed by atoms with Gasteiger partial charge in [0.05, 0.1) is 5.66 Å². The number of nitrogens with one attached hydrogen (secondary N) is 2. The number of rotatable bonds is 5. The fraction of sp³-hybridized carbons (Fsp3) is 0.333. The zero-order valence-corrected chi connectivity index (χ0v) is 12.8. The van der Waals surface area contributed by atoms with E-state index < -0.39 is 5.66 Å². The average molecular weight is 313 g/mol. The van der Waals surface area contributed by atoms with E-state index in [1.54, 1.807) is 18.3 Å². The van der Waals surface area contributed by atoms with Gasteiger partial charge in [0.15, 0.2) is 0 Å². The number of piperidine rings is 1. The predicted molar refractivity (Wildman–Crippen MR) is 87.6 cm³/mol. The third-order valence-corrected chi connectivity index (χ3v) is 4.32. The molecule has 23 heavy (non-hydrogen) atoms. The lowest BCUT2D eigenvalue weighted by Gasteiger charge is -2.42. The van der Waals surface area contributed by atoms with E-state index >= 15 is 0 Å². The molecule has 1 saturated heterocycles. The van der Waals surface area contributed by atoms with Crippen molar-refractivity contribution in [2.75, 3.05) is 11.9 Å². The quantitative estimate of drug-likeness (QED) is 0.833. The van der Waals surface area contributed by atoms with Crippen molar-refractivity contribution in [1.82, 2.24) is 10.3 Å². The van der Waals surface area contributed by atoms with Crippen LogP contribution in [-0.2, 0) is 4.79 Å². The van der Waals surface area contributed by atoms with Gasteiger partial charge in [-0.2, -0.15) is 0 Å². The molecule has 3 rings (SSSR count). The van der Waals surface area contributed by atoms with Gasteiger partial charge in [-0.05, 0) is 55.8 Å². The molecule has 2 heterocycles. The summed E-state index contributed by atoms with van der Waals surface area (Å²) in [5.74, 6) is 0.00769. The zero-order valence-electron chi connectivity index (χ0n) is 12.8. The van der Waals surface area contributed by atoms with Crippen molar-refractivity contribution in [1.29, 1.82) is 0 Å². The molecule has 1 aliphatic heterocycles. The number of pyridine rings is 1. The lowest BCUT2D eigenvalue weighted by atomic mass is 9.83. The molecule has 1 aromatic carbocycles. The minimum absolute atomic E-state index is 0.275. The molecule has 2 N–H and O–H groups in total. The van der Waals surface area contributed by atoms with Crippen LogP contribution in [0.5, 0.6) is 0 Å². The van der Waals surface area contributed by atoms with E-state index in [4.69, 9.17) is 0 Å². The smallest absolute Gasteiger partial charge is 0.123 e. The number of carbonyl (C=O) groups is 1. The molecule has 1 aliphatic rings. The Morgan fingerprint density at radius 1 is 1.30 bits per heavy atom. The predicted octanol–water partition coefficient (Wildman–Crippen LogP) is 3.09. The minimum Gasteiger partial charge on any atom is -0.367 e. The van der Waals surface area contributed by atoms with Crippen LogP contribution in [0.25, 0.3) is 0 Å². The van der Waals surface area contributed by atoms with Crippen LogP contribution in [0.3, 0.4) is 0 Å². The first-order valence-corrected chi connectivity index (χ1v) is 7.84. The number of hydrogen-bond acceptors (Lipinski definition) is 4. The molecule has 0 aliphatic carbocycles. The Balaban J connectivity index is 1.81. The van der Waals surface area contributed by atoms with Crippen molar-refractivity contribution in [3.05, 3.63) is 60.2 Å². The van der Waals surface area contributed by atoms with Crippen LogP contribution in [0.1, 0.15) is 30.9 Å². The first-order chi connectivity index (χ1) is 11.2. The lowest BCUT2D eigenvalue weighted by Crippen LogP contribution is -2.56. The normalized spacial score (nSPS) is 24.1. The van der Waals surface area contributed by atoms with E-state index in [9.17, 15) is 9.18 Å². The Bertz CT molecular complexity index is 647. The summed E-state index contributed by atoms with van der Waals surface area (Å²) >= 11 is 0. The van der Waals surface area contributed by atoms with Crippen molar-refractivity contribution in [2.24, 2.45) is 0 Å². The number of benzene rings is 1. The number of carbonyl (C=O) groups excluding carboxylic acids is 1. The number of hydrogen-bond donors (Lipinski definition) is 2. The number of aromatic nitrogens is 1. The van der Waals surface area contributed by atoms with Crippen molar-refractivity contribution in [3.63, 3.8) is 0 Å². The maximum absolute atomic E-state index is 13.1. The van der Waals surface area contributed by atoms with E-state index in [2.05, 4.69) is 15.6 Å². The van der Waals surface area contributed by atoms with Gasteiger partial charge in [-0.25, -0.2) is 4.39 Å². The second-order valence-electron chi connectivity index (χ2n) is 5.96. The summed E-state index contributed by atoms with van der Waals surface area (Å²) in [7, 11) is 0. The third kappa shape index (κ3) is 3.74. The van der Waals surface area contributed by atoms with Gasteiger partial charge in [0.1, 0.15) is 12.1 Å². The number of aldehydes is 1. The van der Waals surface area contributed by atoms with Crippen molar-refractivity contribution < 1.29 is 9.18 Å². The maximum atomic E-state index is 13.1. The SMILES string of the molecule is O=CCC1(Nc2ccc(F)cc2)CC(c2ccccn2)CCN1. The van der Waals surface area contributed by atoms with Crippen LogP contribution in [0.4, 0.5) is 10.1 Å². The highest BCUT2D eigenvalue weighted by Crippen LogP contribution is 2.34. The summed E-state index contributed by atoms with van der Waals surface area (Å²) in [5, 5.41) is 6.82. The van der Waals surface area contributed by atoms with Crippen LogP contribution in [0.2, 0.25) is 0 Å². The molecule has 0 saturated carbocycles. The van der Waals surface area contributed by atoms with E-state index in [0.29, 0.717) is 6.42 Å². The Morgan fingerprint density at radius 3 is 2.83 bits per heavy atom. The monoisotopic (exact) mass is 313 g/mol. The molecule has 2 unspecified atom stereocenters. The molecule has 0 bridgehead atoms. The van der Waals surface area contributed by atoms with Gasteiger partial charge in [0.25, 0.3) is 0 Å². The summed E-state index contributed by atoms with van der Waals surface area (Å²) < 4.78 is 13.1. The van der Waals surface area contributed by atoms with Gasteiger partial charge in [-0.15, -0.1) is 0 Å². The van der Waals surface area contributed by atoms with E-state index in [1.165, 1.54) is 12.1 Å². The van der Waals surface area contributed by atoms with E-state index in [-0.39, 0.29) is 11.7 Å². The highest BCUT2D eigenvalue weighted by molar-refractivity contribution is 5.55. The minimum atomic E-state index is -0.528. The van der Waals surface area contributed by atoms with Crippen LogP contribution >= 0.6 is 0 Å². The number of anilines is 1. The Kier molecular flexibility index (Phi) is 4.67. The molecular weight excluding hydrogens is 293 g/mol. The molecule has 120 valence electrons. The van der Waals surface area contributed by atoms with Crippen molar-refractivity contribution >= 4 is 12.0 Å². The summed E-state index contributed by atoms with van der Waals surface area (Å²) in [6.07, 6.45) is 4.78. The van der Waals surface area contributed by atoms with E-state index in [0.717, 1.165) is 37.1 Å². The molecule has 0 radical (unpaired) electrons. The molecule has 0 spiro atoms. The summed E-state index contributed by atoms with van der Waals surface area (Å²) in [4.78, 5) is 15.7. The second-order valence-corrected chi connectivity index (χ2v) is 5.96.